The summed E-state index contributed by atoms with van der Waals surface area (Å²) in [5.74, 6) is 0. The van der Waals surface area contributed by atoms with E-state index in [2.05, 4.69) is 6.58 Å². The van der Waals surface area contributed by atoms with Gasteiger partial charge in [0, 0.05) is 0 Å². The first-order chi connectivity index (χ1) is 2.41. The van der Waals surface area contributed by atoms with Crippen LogP contribution in [0, 0.1) is 0 Å². The van der Waals surface area contributed by atoms with E-state index in [0.29, 0.717) is 0 Å². The summed E-state index contributed by atoms with van der Waals surface area (Å²) in [4.78, 5) is 0. The fraction of sp³-hybridized carbons (Fsp3) is 0.500. The third-order valence-corrected chi connectivity index (χ3v) is 1.07. The van der Waals surface area contributed by atoms with E-state index in [4.69, 9.17) is 0 Å². The van der Waals surface area contributed by atoms with Gasteiger partial charge in [0.15, 0.2) is 0 Å². The molecule has 0 nitrogen and oxygen atoms in total. The van der Waals surface area contributed by atoms with Crippen molar-refractivity contribution in [2.24, 2.45) is 0 Å². The molecule has 1 heteroatoms. The topological polar surface area (TPSA) is 0 Å². The van der Waals surface area contributed by atoms with Crippen LogP contribution in [0.25, 0.3) is 0 Å². The van der Waals surface area contributed by atoms with Gasteiger partial charge in [0.2, 0.25) is 0 Å². The predicted molar refractivity (Wildman–Crippen MR) is 25.4 cm³/mol. The second-order valence-corrected chi connectivity index (χ2v) is 2.08. The molecule has 0 aromatic rings. The Morgan fingerprint density at radius 3 is 2.40 bits per heavy atom. The Hall–Kier alpha value is 0.740. The first kappa shape index (κ1) is 5.74. The van der Waals surface area contributed by atoms with Crippen LogP contribution in [-0.4, -0.2) is 27.9 Å². The van der Waals surface area contributed by atoms with Gasteiger partial charge in [-0.05, 0) is 0 Å². The first-order valence-corrected chi connectivity index (χ1v) is 3.44. The molecule has 0 atom stereocenters. The summed E-state index contributed by atoms with van der Waals surface area (Å²) in [5, 5.41) is 0. The van der Waals surface area contributed by atoms with Gasteiger partial charge >= 0.3 is 50.7 Å². The van der Waals surface area contributed by atoms with E-state index >= 15 is 0 Å². The molecule has 0 heterocycles. The van der Waals surface area contributed by atoms with Crippen molar-refractivity contribution in [2.45, 2.75) is 10.1 Å². The molecule has 0 saturated carbocycles. The number of allylic oxidation sites excluding steroid dienone is 1. The van der Waals surface area contributed by atoms with Crippen LogP contribution in [0.2, 0.25) is 3.67 Å². The molecule has 0 saturated heterocycles. The first-order valence-electron chi connectivity index (χ1n) is 2.02. The van der Waals surface area contributed by atoms with E-state index in [0.717, 1.165) is 0 Å². The van der Waals surface area contributed by atoms with Crippen molar-refractivity contribution >= 4 is 27.9 Å². The van der Waals surface area contributed by atoms with Gasteiger partial charge in [-0.3, -0.25) is 0 Å². The molecule has 0 N–H and O–H groups in total. The summed E-state index contributed by atoms with van der Waals surface area (Å²) in [7, 11) is 0. The minimum atomic E-state index is 1.21. The SMILES string of the molecule is C=CC[CH2][Na]. The van der Waals surface area contributed by atoms with E-state index in [1.807, 2.05) is 6.08 Å². The van der Waals surface area contributed by atoms with Gasteiger partial charge in [0.25, 0.3) is 0 Å². The molecule has 0 spiro atoms. The fourth-order valence-electron chi connectivity index (χ4n) is 0.204. The Morgan fingerprint density at radius 2 is 2.40 bits per heavy atom. The summed E-state index contributed by atoms with van der Waals surface area (Å²) in [6.45, 7) is 3.57. The molecule has 0 aliphatic heterocycles. The predicted octanol–water partition coefficient (Wildman–Crippen LogP) is 1.15. The van der Waals surface area contributed by atoms with Crippen LogP contribution in [0.1, 0.15) is 6.42 Å². The van der Waals surface area contributed by atoms with Crippen LogP contribution < -0.4 is 0 Å². The Balaban J connectivity index is 2.40. The molecular formula is C4H7Na. The molecule has 0 amide bonds. The average molecular weight is 78.1 g/mol. The van der Waals surface area contributed by atoms with Gasteiger partial charge in [-0.2, -0.15) is 0 Å². The Morgan fingerprint density at radius 1 is 1.80 bits per heavy atom. The van der Waals surface area contributed by atoms with Crippen LogP contribution in [-0.2, 0) is 0 Å². The van der Waals surface area contributed by atoms with Crippen molar-refractivity contribution in [3.63, 3.8) is 0 Å². The van der Waals surface area contributed by atoms with Crippen molar-refractivity contribution < 1.29 is 0 Å². The van der Waals surface area contributed by atoms with E-state index in [1.54, 1.807) is 0 Å². The standard InChI is InChI=1S/C4H7.Na/c1-3-4-2;/h3H,1-2,4H2;. The summed E-state index contributed by atoms with van der Waals surface area (Å²) in [6.07, 6.45) is 3.18. The molecule has 0 aromatic heterocycles. The number of rotatable bonds is 2. The quantitative estimate of drug-likeness (QED) is 0.343. The molecule has 0 bridgehead atoms. The minimum absolute atomic E-state index is 1.21. The second kappa shape index (κ2) is 4.74. The summed E-state index contributed by atoms with van der Waals surface area (Å²) >= 11 is 1.33. The molecule has 0 aliphatic carbocycles. The summed E-state index contributed by atoms with van der Waals surface area (Å²) in [6, 6.07) is 0. The van der Waals surface area contributed by atoms with Crippen LogP contribution in [0.3, 0.4) is 0 Å². The molecule has 0 aliphatic rings. The van der Waals surface area contributed by atoms with Crippen LogP contribution in [0.15, 0.2) is 12.7 Å². The summed E-state index contributed by atoms with van der Waals surface area (Å²) < 4.78 is 1.36. The Labute approximate surface area is 50.7 Å². The van der Waals surface area contributed by atoms with Gasteiger partial charge in [-0.1, -0.05) is 0 Å². The normalized spacial score (nSPS) is 7.60. The maximum atomic E-state index is 3.57. The zero-order valence-electron chi connectivity index (χ0n) is 3.70. The molecule has 24 valence electrons. The van der Waals surface area contributed by atoms with E-state index in [-0.39, 0.29) is 0 Å². The molecule has 5 heavy (non-hydrogen) atoms. The monoisotopic (exact) mass is 78.0 g/mol. The van der Waals surface area contributed by atoms with Crippen LogP contribution >= 0.6 is 0 Å². The molecule has 0 aromatic carbocycles. The van der Waals surface area contributed by atoms with Crippen molar-refractivity contribution in [1.29, 1.82) is 0 Å². The van der Waals surface area contributed by atoms with E-state index in [1.165, 1.54) is 38.0 Å². The summed E-state index contributed by atoms with van der Waals surface area (Å²) in [5.41, 5.74) is 0. The fourth-order valence-corrected chi connectivity index (χ4v) is 0.612. The number of hydrogen-bond acceptors (Lipinski definition) is 0. The zero-order chi connectivity index (χ0) is 4.12. The molecule has 0 radical (unpaired) electrons. The van der Waals surface area contributed by atoms with Crippen LogP contribution in [0.4, 0.5) is 0 Å². The van der Waals surface area contributed by atoms with Crippen molar-refractivity contribution in [2.75, 3.05) is 0 Å². The Kier molecular flexibility index (Phi) is 5.44. The second-order valence-electron chi connectivity index (χ2n) is 1.08. The van der Waals surface area contributed by atoms with Gasteiger partial charge in [-0.15, -0.1) is 0 Å². The van der Waals surface area contributed by atoms with Crippen LogP contribution in [0.5, 0.6) is 0 Å². The third kappa shape index (κ3) is 4.74. The number of hydrogen-bond donors (Lipinski definition) is 0. The molecule has 0 rings (SSSR count). The Bertz CT molecular complexity index is 24.8. The maximum absolute atomic E-state index is 3.57. The van der Waals surface area contributed by atoms with Crippen molar-refractivity contribution in [1.82, 2.24) is 0 Å². The van der Waals surface area contributed by atoms with Gasteiger partial charge in [0.1, 0.15) is 0 Å². The zero-order valence-corrected chi connectivity index (χ0v) is 5.70. The van der Waals surface area contributed by atoms with Gasteiger partial charge in [-0.25, -0.2) is 0 Å². The molecule has 0 fully saturated rings. The van der Waals surface area contributed by atoms with E-state index < -0.39 is 0 Å². The molecule has 0 unspecified atom stereocenters. The third-order valence-electron chi connectivity index (χ3n) is 0.493. The van der Waals surface area contributed by atoms with Gasteiger partial charge < -0.3 is 0 Å². The van der Waals surface area contributed by atoms with Crippen molar-refractivity contribution in [3.05, 3.63) is 12.7 Å². The van der Waals surface area contributed by atoms with Gasteiger partial charge in [0.05, 0.1) is 0 Å². The van der Waals surface area contributed by atoms with E-state index in [9.17, 15) is 0 Å². The average Bonchev–Trinajstić information content (AvgIpc) is 1.41. The molecular weight excluding hydrogens is 71.0 g/mol. The van der Waals surface area contributed by atoms with Crippen molar-refractivity contribution in [3.8, 4) is 0 Å².